The van der Waals surface area contributed by atoms with Gasteiger partial charge in [0.2, 0.25) is 20.0 Å². The Labute approximate surface area is 141 Å². The maximum absolute atomic E-state index is 12.0. The number of hydrogen-bond donors (Lipinski definition) is 3. The summed E-state index contributed by atoms with van der Waals surface area (Å²) in [6, 6.07) is 4.83. The van der Waals surface area contributed by atoms with Crippen LogP contribution >= 0.6 is 0 Å². The van der Waals surface area contributed by atoms with Crippen LogP contribution in [0.4, 0.5) is 10.5 Å². The summed E-state index contributed by atoms with van der Waals surface area (Å²) in [6.07, 6.45) is 1.71. The molecule has 0 aliphatic carbocycles. The number of nitrogens with zero attached hydrogens (tertiary/aromatic N) is 1. The quantitative estimate of drug-likeness (QED) is 0.635. The Morgan fingerprint density at radius 2 is 1.83 bits per heavy atom. The van der Waals surface area contributed by atoms with E-state index in [0.717, 1.165) is 12.8 Å². The lowest BCUT2D eigenvalue weighted by Gasteiger charge is -2.15. The van der Waals surface area contributed by atoms with Crippen LogP contribution in [0, 0.1) is 0 Å². The minimum absolute atomic E-state index is 0.0421. The number of nitrogens with one attached hydrogen (secondary N) is 2. The predicted octanol–water partition coefficient (Wildman–Crippen LogP) is -0.119. The first kappa shape index (κ1) is 18.6. The van der Waals surface area contributed by atoms with Gasteiger partial charge in [0.1, 0.15) is 0 Å². The Bertz CT molecular complexity index is 801. The summed E-state index contributed by atoms with van der Waals surface area (Å²) in [4.78, 5) is 11.6. The third-order valence-electron chi connectivity index (χ3n) is 3.52. The van der Waals surface area contributed by atoms with Crippen molar-refractivity contribution < 1.29 is 21.6 Å². The number of carbonyl (C=O) groups excluding carboxylic acids is 1. The van der Waals surface area contributed by atoms with Gasteiger partial charge in [-0.25, -0.2) is 31.1 Å². The largest absolute Gasteiger partial charge is 0.337 e. The molecular weight excluding hydrogens is 356 g/mol. The number of amides is 2. The molecule has 0 spiro atoms. The molecule has 1 fully saturated rings. The van der Waals surface area contributed by atoms with E-state index in [1.54, 1.807) is 0 Å². The van der Waals surface area contributed by atoms with Crippen molar-refractivity contribution in [3.05, 3.63) is 24.3 Å². The van der Waals surface area contributed by atoms with E-state index in [2.05, 4.69) is 10.6 Å². The third-order valence-corrected chi connectivity index (χ3v) is 6.31. The van der Waals surface area contributed by atoms with Gasteiger partial charge in [-0.1, -0.05) is 6.07 Å². The molecule has 11 heteroatoms. The number of anilines is 1. The summed E-state index contributed by atoms with van der Waals surface area (Å²) < 4.78 is 47.9. The molecule has 0 unspecified atom stereocenters. The predicted molar refractivity (Wildman–Crippen MR) is 89.4 cm³/mol. The fraction of sp³-hybridized carbons (Fsp3) is 0.462. The molecule has 9 nitrogen and oxygen atoms in total. The Morgan fingerprint density at radius 3 is 2.46 bits per heavy atom. The second kappa shape index (κ2) is 7.47. The van der Waals surface area contributed by atoms with Crippen LogP contribution in [0.1, 0.15) is 12.8 Å². The number of benzene rings is 1. The smallest absolute Gasteiger partial charge is 0.319 e. The highest BCUT2D eigenvalue weighted by Crippen LogP contribution is 2.14. The average Bonchev–Trinajstić information content (AvgIpc) is 3.01. The summed E-state index contributed by atoms with van der Waals surface area (Å²) in [5.74, 6) is -0.183. The van der Waals surface area contributed by atoms with Crippen molar-refractivity contribution in [3.8, 4) is 0 Å². The van der Waals surface area contributed by atoms with Crippen LogP contribution in [0.3, 0.4) is 0 Å². The molecule has 1 aromatic rings. The lowest BCUT2D eigenvalue weighted by Crippen LogP contribution is -2.37. The van der Waals surface area contributed by atoms with E-state index in [9.17, 15) is 21.6 Å². The molecule has 0 aromatic heterocycles. The number of nitrogens with two attached hydrogens (primary N) is 1. The van der Waals surface area contributed by atoms with Gasteiger partial charge >= 0.3 is 6.03 Å². The highest BCUT2D eigenvalue weighted by Gasteiger charge is 2.24. The van der Waals surface area contributed by atoms with E-state index >= 15 is 0 Å². The molecule has 4 N–H and O–H groups in total. The Morgan fingerprint density at radius 1 is 1.17 bits per heavy atom. The van der Waals surface area contributed by atoms with E-state index < -0.39 is 26.1 Å². The fourth-order valence-electron chi connectivity index (χ4n) is 2.32. The molecule has 0 radical (unpaired) electrons. The van der Waals surface area contributed by atoms with Gasteiger partial charge in [0, 0.05) is 25.3 Å². The van der Waals surface area contributed by atoms with Crippen molar-refractivity contribution in [2.45, 2.75) is 17.7 Å². The van der Waals surface area contributed by atoms with Gasteiger partial charge < -0.3 is 10.6 Å². The fourth-order valence-corrected chi connectivity index (χ4v) is 4.31. The van der Waals surface area contributed by atoms with Gasteiger partial charge in [0.25, 0.3) is 0 Å². The molecule has 134 valence electrons. The van der Waals surface area contributed by atoms with Crippen LogP contribution in [0.25, 0.3) is 0 Å². The molecule has 1 aliphatic heterocycles. The maximum atomic E-state index is 12.0. The third kappa shape index (κ3) is 5.16. The molecule has 2 rings (SSSR count). The Balaban J connectivity index is 1.85. The highest BCUT2D eigenvalue weighted by molar-refractivity contribution is 7.89. The number of carbonyl (C=O) groups is 1. The molecule has 1 saturated heterocycles. The molecule has 24 heavy (non-hydrogen) atoms. The van der Waals surface area contributed by atoms with E-state index in [1.807, 2.05) is 0 Å². The lowest BCUT2D eigenvalue weighted by molar-refractivity contribution is 0.252. The van der Waals surface area contributed by atoms with Crippen LogP contribution in [0.2, 0.25) is 0 Å². The van der Waals surface area contributed by atoms with Crippen LogP contribution in [0.15, 0.2) is 29.2 Å². The molecule has 2 amide bonds. The second-order valence-electron chi connectivity index (χ2n) is 5.38. The van der Waals surface area contributed by atoms with Gasteiger partial charge in [-0.3, -0.25) is 0 Å². The number of rotatable bonds is 6. The molecule has 0 atom stereocenters. The molecule has 1 aromatic carbocycles. The van der Waals surface area contributed by atoms with Gasteiger partial charge in [-0.2, -0.15) is 0 Å². The molecule has 0 bridgehead atoms. The van der Waals surface area contributed by atoms with Gasteiger partial charge in [0.05, 0.1) is 10.6 Å². The van der Waals surface area contributed by atoms with Crippen LogP contribution in [-0.2, 0) is 20.0 Å². The number of urea groups is 1. The first-order valence-electron chi connectivity index (χ1n) is 7.34. The average molecular weight is 376 g/mol. The van der Waals surface area contributed by atoms with Gasteiger partial charge in [0.15, 0.2) is 0 Å². The summed E-state index contributed by atoms with van der Waals surface area (Å²) in [6.45, 7) is 1.00. The monoisotopic (exact) mass is 376 g/mol. The Kier molecular flexibility index (Phi) is 5.80. The van der Waals surface area contributed by atoms with Crippen LogP contribution in [-0.4, -0.2) is 52.6 Å². The maximum Gasteiger partial charge on any atom is 0.319 e. The summed E-state index contributed by atoms with van der Waals surface area (Å²) in [5.41, 5.74) is 0.237. The van der Waals surface area contributed by atoms with Crippen LogP contribution in [0.5, 0.6) is 0 Å². The van der Waals surface area contributed by atoms with E-state index in [0.29, 0.717) is 13.1 Å². The summed E-state index contributed by atoms with van der Waals surface area (Å²) >= 11 is 0. The SMILES string of the molecule is NS(=O)(=O)c1cccc(NC(=O)NCCS(=O)(=O)N2CCCC2)c1. The van der Waals surface area contributed by atoms with E-state index in [1.165, 1.54) is 28.6 Å². The van der Waals surface area contributed by atoms with Crippen molar-refractivity contribution in [3.63, 3.8) is 0 Å². The van der Waals surface area contributed by atoms with Crippen molar-refractivity contribution in [1.29, 1.82) is 0 Å². The second-order valence-corrected chi connectivity index (χ2v) is 9.03. The van der Waals surface area contributed by atoms with Gasteiger partial charge in [-0.15, -0.1) is 0 Å². The normalized spacial score (nSPS) is 16.0. The first-order chi connectivity index (χ1) is 11.2. The van der Waals surface area contributed by atoms with E-state index in [-0.39, 0.29) is 22.9 Å². The topological polar surface area (TPSA) is 139 Å². The zero-order valence-corrected chi connectivity index (χ0v) is 14.6. The number of primary sulfonamides is 1. The standard InChI is InChI=1S/C13H20N4O5S2/c14-24(21,22)12-5-3-4-11(10-12)16-13(18)15-6-9-23(19,20)17-7-1-2-8-17/h3-5,10H,1-2,6-9H2,(H2,14,21,22)(H2,15,16,18). The minimum Gasteiger partial charge on any atom is -0.337 e. The molecule has 1 aliphatic rings. The van der Waals surface area contributed by atoms with Gasteiger partial charge in [-0.05, 0) is 31.0 Å². The minimum atomic E-state index is -3.86. The molecule has 1 heterocycles. The van der Waals surface area contributed by atoms with Crippen molar-refractivity contribution in [2.75, 3.05) is 30.7 Å². The van der Waals surface area contributed by atoms with E-state index in [4.69, 9.17) is 5.14 Å². The highest BCUT2D eigenvalue weighted by atomic mass is 32.2. The molecule has 0 saturated carbocycles. The lowest BCUT2D eigenvalue weighted by atomic mass is 10.3. The summed E-state index contributed by atoms with van der Waals surface area (Å²) in [5, 5.41) is 9.88. The molecular formula is C13H20N4O5S2. The van der Waals surface area contributed by atoms with Crippen molar-refractivity contribution in [2.24, 2.45) is 5.14 Å². The Hall–Kier alpha value is -1.69. The summed E-state index contributed by atoms with van der Waals surface area (Å²) in [7, 11) is -7.22. The van der Waals surface area contributed by atoms with Crippen molar-refractivity contribution in [1.82, 2.24) is 9.62 Å². The first-order valence-corrected chi connectivity index (χ1v) is 10.5. The number of sulfonamides is 2. The zero-order valence-electron chi connectivity index (χ0n) is 12.9. The zero-order chi connectivity index (χ0) is 17.8. The van der Waals surface area contributed by atoms with Crippen molar-refractivity contribution >= 4 is 31.8 Å². The number of hydrogen-bond acceptors (Lipinski definition) is 5. The van der Waals surface area contributed by atoms with Crippen LogP contribution < -0.4 is 15.8 Å².